The van der Waals surface area contributed by atoms with Crippen LogP contribution in [-0.2, 0) is 29.3 Å². The zero-order chi connectivity index (χ0) is 70.3. The van der Waals surface area contributed by atoms with Gasteiger partial charge in [0.15, 0.2) is 36.9 Å². The Morgan fingerprint density at radius 2 is 0.909 bits per heavy atom. The second kappa shape index (κ2) is 56.1. The van der Waals surface area contributed by atoms with Crippen molar-refractivity contribution in [3.8, 4) is 5.75 Å². The van der Waals surface area contributed by atoms with Gasteiger partial charge < -0.3 is 44.5 Å². The molecule has 0 radical (unpaired) electrons. The van der Waals surface area contributed by atoms with E-state index in [0.717, 1.165) is 94.2 Å². The maximum Gasteiger partial charge on any atom is 0.407 e. The first-order chi connectivity index (χ1) is 48.7. The van der Waals surface area contributed by atoms with Gasteiger partial charge in [0, 0.05) is 55.2 Å². The molecule has 0 aromatic heterocycles. The standard InChI is InChI=1S/C86H151N5O8/c1-6-10-13-16-19-22-25-28-31-34-37-40-43-46-49-54-63-87-74(5)95-69-67-91(68-71-97-85(94)89-65-56-51-48-45-42-39-36-33-30-27-24-21-18-15-12-8-3)76-60-62-80-82(73-76)98-81-72-75(59-61-79(81)86(80)78-58-53-52-57-77(78)83(92)99-86)90(9-4)66-70-96-84(93)88-64-55-50-47-44-41-38-35-32-29-26-23-20-17-14-11-7-2/h9,59,61,72,77-78,80,82,87H,4-8,10-58,60,62-71,73H2,1-3H3,(H-,88,89,93,94)/p+1. The van der Waals surface area contributed by atoms with E-state index < -0.39 is 11.7 Å². The lowest BCUT2D eigenvalue weighted by Gasteiger charge is -2.50. The molecule has 568 valence electrons. The molecular weight excluding hydrogens is 1230 g/mol. The van der Waals surface area contributed by atoms with Gasteiger partial charge in [-0.25, -0.2) is 14.2 Å². The Labute approximate surface area is 607 Å². The van der Waals surface area contributed by atoms with E-state index in [1.54, 1.807) is 6.20 Å². The monoisotopic (exact) mass is 1380 g/mol. The maximum atomic E-state index is 14.1. The number of carbonyl (C=O) groups excluding carboxylic acids is 3. The molecule has 99 heavy (non-hydrogen) atoms. The number of hydrogen-bond donors (Lipinski definition) is 3. The van der Waals surface area contributed by atoms with Crippen molar-refractivity contribution in [3.63, 3.8) is 0 Å². The molecule has 2 aliphatic carbocycles. The lowest BCUT2D eigenvalue weighted by atomic mass is 9.60. The number of anilines is 1. The Morgan fingerprint density at radius 3 is 1.34 bits per heavy atom. The Hall–Kier alpha value is -4.42. The first-order valence-electron chi connectivity index (χ1n) is 42.6. The number of alkyl carbamates (subject to hydrolysis) is 2. The molecule has 1 aromatic rings. The quantitative estimate of drug-likeness (QED) is 0.0190. The van der Waals surface area contributed by atoms with Gasteiger partial charge in [0.2, 0.25) is 0 Å². The zero-order valence-electron chi connectivity index (χ0n) is 64.4. The molecule has 4 aliphatic rings. The SMILES string of the molecule is C=CN(CCOC(=O)NCCCCCCCCCCCCCCCCCC)c1ccc2c(c1)OC1CC(=[N+](CCOC(=C)NCCCCCCCCCCCCCCCCCC)CCOC(=O)NCCCCCCCCCCCCCCCCCC)CCC1C21OC(=O)C2CCCCC21. The minimum absolute atomic E-state index is 0.0311. The summed E-state index contributed by atoms with van der Waals surface area (Å²) in [6.45, 7) is 19.7. The minimum atomic E-state index is -0.797. The summed E-state index contributed by atoms with van der Waals surface area (Å²) in [4.78, 5) is 42.1. The summed E-state index contributed by atoms with van der Waals surface area (Å²) in [7, 11) is 0. The van der Waals surface area contributed by atoms with Crippen molar-refractivity contribution in [1.29, 1.82) is 0 Å². The molecule has 13 nitrogen and oxygen atoms in total. The average molecular weight is 1380 g/mol. The Kier molecular flexibility index (Phi) is 48.3. The fraction of sp³-hybridized carbons (Fsp3) is 0.837. The Balaban J connectivity index is 1.10. The lowest BCUT2D eigenvalue weighted by molar-refractivity contribution is -0.535. The highest BCUT2D eigenvalue weighted by Gasteiger charge is 2.65. The Bertz CT molecular complexity index is 2230. The van der Waals surface area contributed by atoms with Crippen LogP contribution < -0.4 is 25.6 Å². The number of esters is 1. The fourth-order valence-electron chi connectivity index (χ4n) is 16.5. The van der Waals surface area contributed by atoms with Crippen molar-refractivity contribution in [2.24, 2.45) is 17.8 Å². The smallest absolute Gasteiger partial charge is 0.407 e. The van der Waals surface area contributed by atoms with Gasteiger partial charge in [-0.1, -0.05) is 329 Å². The van der Waals surface area contributed by atoms with E-state index in [0.29, 0.717) is 51.6 Å². The first-order valence-corrected chi connectivity index (χ1v) is 42.6. The van der Waals surface area contributed by atoms with Gasteiger partial charge in [-0.2, -0.15) is 0 Å². The molecule has 1 saturated heterocycles. The molecule has 2 saturated carbocycles. The second-order valence-electron chi connectivity index (χ2n) is 30.6. The molecule has 5 rings (SSSR count). The molecular formula is C86H152N5O8+. The largest absolute Gasteiger partial charge is 0.489 e. The third kappa shape index (κ3) is 35.6. The van der Waals surface area contributed by atoms with Crippen molar-refractivity contribution >= 4 is 29.6 Å². The van der Waals surface area contributed by atoms with Crippen LogP contribution in [0.25, 0.3) is 0 Å². The summed E-state index contributed by atoms with van der Waals surface area (Å²) in [5.74, 6) is 1.15. The summed E-state index contributed by atoms with van der Waals surface area (Å²) in [5.41, 5.74) is 2.25. The number of benzene rings is 1. The predicted molar refractivity (Wildman–Crippen MR) is 414 cm³/mol. The molecule has 0 bridgehead atoms. The van der Waals surface area contributed by atoms with Crippen molar-refractivity contribution < 1.29 is 42.6 Å². The van der Waals surface area contributed by atoms with Gasteiger partial charge in [-0.3, -0.25) is 4.79 Å². The maximum absolute atomic E-state index is 14.1. The summed E-state index contributed by atoms with van der Waals surface area (Å²) >= 11 is 0. The summed E-state index contributed by atoms with van der Waals surface area (Å²) < 4.78 is 34.3. The van der Waals surface area contributed by atoms with Crippen LogP contribution in [0.3, 0.4) is 0 Å². The first kappa shape index (κ1) is 85.2. The number of unbranched alkanes of at least 4 members (excludes halogenated alkanes) is 45. The average Bonchev–Trinajstić information content (AvgIpc) is 1.62. The van der Waals surface area contributed by atoms with E-state index >= 15 is 0 Å². The number of rotatable bonds is 64. The van der Waals surface area contributed by atoms with Crippen molar-refractivity contribution in [1.82, 2.24) is 16.0 Å². The molecule has 2 aliphatic heterocycles. The fourth-order valence-corrected chi connectivity index (χ4v) is 16.5. The molecule has 13 heteroatoms. The van der Waals surface area contributed by atoms with Crippen LogP contribution in [0.2, 0.25) is 0 Å². The number of nitrogens with zero attached hydrogens (tertiary/aromatic N) is 2. The van der Waals surface area contributed by atoms with Crippen LogP contribution in [-0.4, -0.2) is 93.6 Å². The molecule has 5 unspecified atom stereocenters. The highest BCUT2D eigenvalue weighted by atomic mass is 16.6. The third-order valence-corrected chi connectivity index (χ3v) is 22.5. The predicted octanol–water partition coefficient (Wildman–Crippen LogP) is 23.5. The van der Waals surface area contributed by atoms with Gasteiger partial charge in [-0.05, 0) is 63.4 Å². The lowest BCUT2D eigenvalue weighted by Crippen LogP contribution is -2.55. The molecule has 3 fully saturated rings. The molecule has 2 amide bonds. The van der Waals surface area contributed by atoms with E-state index in [1.165, 1.54) is 282 Å². The van der Waals surface area contributed by atoms with Crippen LogP contribution in [0.15, 0.2) is 43.4 Å². The molecule has 1 spiro atoms. The number of carbonyl (C=O) groups is 3. The highest BCUT2D eigenvalue weighted by Crippen LogP contribution is 2.62. The van der Waals surface area contributed by atoms with E-state index in [4.69, 9.17) is 23.7 Å². The normalized spacial score (nSPS) is 19.0. The second-order valence-corrected chi connectivity index (χ2v) is 30.6. The van der Waals surface area contributed by atoms with Gasteiger partial charge in [-0.15, -0.1) is 0 Å². The van der Waals surface area contributed by atoms with E-state index in [2.05, 4.69) is 72.7 Å². The number of ether oxygens (including phenoxy) is 5. The van der Waals surface area contributed by atoms with Gasteiger partial charge >= 0.3 is 18.2 Å². The summed E-state index contributed by atoms with van der Waals surface area (Å²) in [5, 5.41) is 9.45. The van der Waals surface area contributed by atoms with E-state index in [1.807, 2.05) is 4.90 Å². The van der Waals surface area contributed by atoms with E-state index in [-0.39, 0.29) is 49.1 Å². The van der Waals surface area contributed by atoms with E-state index in [9.17, 15) is 14.4 Å². The Morgan fingerprint density at radius 1 is 0.515 bits per heavy atom. The number of fused-ring (bicyclic) bond motifs is 6. The molecule has 5 atom stereocenters. The van der Waals surface area contributed by atoms with Gasteiger partial charge in [0.05, 0.1) is 18.9 Å². The van der Waals surface area contributed by atoms with Crippen LogP contribution in [0.4, 0.5) is 15.3 Å². The van der Waals surface area contributed by atoms with Gasteiger partial charge in [0.25, 0.3) is 0 Å². The topological polar surface area (TPSA) is 140 Å². The van der Waals surface area contributed by atoms with Crippen molar-refractivity contribution in [2.75, 3.05) is 64.0 Å². The van der Waals surface area contributed by atoms with Crippen molar-refractivity contribution in [2.45, 2.75) is 386 Å². The highest BCUT2D eigenvalue weighted by molar-refractivity contribution is 5.82. The van der Waals surface area contributed by atoms with Crippen molar-refractivity contribution in [3.05, 3.63) is 49.0 Å². The number of amides is 2. The van der Waals surface area contributed by atoms with Crippen LogP contribution in [0.5, 0.6) is 5.75 Å². The molecule has 3 N–H and O–H groups in total. The van der Waals surface area contributed by atoms with Crippen LogP contribution >= 0.6 is 0 Å². The number of hydrogen-bond acceptors (Lipinski definition) is 10. The molecule has 1 aromatic carbocycles. The third-order valence-electron chi connectivity index (χ3n) is 22.5. The summed E-state index contributed by atoms with van der Waals surface area (Å²) in [6.07, 6.45) is 70.6. The number of nitrogens with one attached hydrogen (secondary N) is 3. The zero-order valence-corrected chi connectivity index (χ0v) is 64.4. The van der Waals surface area contributed by atoms with Crippen LogP contribution in [0, 0.1) is 17.8 Å². The molecule has 2 heterocycles. The van der Waals surface area contributed by atoms with Crippen LogP contribution in [0.1, 0.15) is 379 Å². The summed E-state index contributed by atoms with van der Waals surface area (Å²) in [6, 6.07) is 6.28. The van der Waals surface area contributed by atoms with Gasteiger partial charge in [0.1, 0.15) is 25.1 Å². The minimum Gasteiger partial charge on any atom is -0.489 e.